The second-order valence-corrected chi connectivity index (χ2v) is 7.00. The highest BCUT2D eigenvalue weighted by molar-refractivity contribution is 8.00. The summed E-state index contributed by atoms with van der Waals surface area (Å²) < 4.78 is 5.24. The lowest BCUT2D eigenvalue weighted by Crippen LogP contribution is -2.26. The SMILES string of the molecule is CCOCCCNC(=O)CSc1ncnc2sc(C)c(C)c12. The van der Waals surface area contributed by atoms with Crippen LogP contribution >= 0.6 is 23.1 Å². The molecule has 0 unspecified atom stereocenters. The van der Waals surface area contributed by atoms with Crippen LogP contribution in [0.2, 0.25) is 0 Å². The third-order valence-electron chi connectivity index (χ3n) is 3.26. The smallest absolute Gasteiger partial charge is 0.230 e. The molecule has 0 fully saturated rings. The number of thioether (sulfide) groups is 1. The Kier molecular flexibility index (Phi) is 6.60. The highest BCUT2D eigenvalue weighted by Gasteiger charge is 2.13. The second-order valence-electron chi connectivity index (χ2n) is 4.83. The number of amides is 1. The van der Waals surface area contributed by atoms with Crippen LogP contribution in [-0.2, 0) is 9.53 Å². The minimum absolute atomic E-state index is 0.0258. The van der Waals surface area contributed by atoms with Gasteiger partial charge in [-0.15, -0.1) is 11.3 Å². The number of rotatable bonds is 8. The zero-order valence-electron chi connectivity index (χ0n) is 13.1. The van der Waals surface area contributed by atoms with Gasteiger partial charge in [-0.1, -0.05) is 11.8 Å². The number of hydrogen-bond acceptors (Lipinski definition) is 6. The van der Waals surface area contributed by atoms with E-state index in [9.17, 15) is 4.79 Å². The van der Waals surface area contributed by atoms with E-state index in [0.29, 0.717) is 25.5 Å². The quantitative estimate of drug-likeness (QED) is 0.455. The standard InChI is InChI=1S/C15H21N3O2S2/c1-4-20-7-5-6-16-12(19)8-21-14-13-10(2)11(3)22-15(13)18-9-17-14/h9H,4-8H2,1-3H3,(H,16,19). The highest BCUT2D eigenvalue weighted by Crippen LogP contribution is 2.34. The van der Waals surface area contributed by atoms with Gasteiger partial charge < -0.3 is 10.1 Å². The number of aromatic nitrogens is 2. The van der Waals surface area contributed by atoms with Crippen LogP contribution in [0.1, 0.15) is 23.8 Å². The van der Waals surface area contributed by atoms with Gasteiger partial charge in [0, 0.05) is 30.0 Å². The monoisotopic (exact) mass is 339 g/mol. The van der Waals surface area contributed by atoms with Gasteiger partial charge >= 0.3 is 0 Å². The summed E-state index contributed by atoms with van der Waals surface area (Å²) in [5.74, 6) is 0.396. The minimum Gasteiger partial charge on any atom is -0.382 e. The molecule has 0 saturated carbocycles. The first-order valence-electron chi connectivity index (χ1n) is 7.31. The third-order valence-corrected chi connectivity index (χ3v) is 5.37. The number of aryl methyl sites for hydroxylation is 2. The Labute approximate surface area is 138 Å². The summed E-state index contributed by atoms with van der Waals surface area (Å²) in [5.41, 5.74) is 1.21. The second kappa shape index (κ2) is 8.45. The fraction of sp³-hybridized carbons (Fsp3) is 0.533. The van der Waals surface area contributed by atoms with Crippen molar-refractivity contribution in [2.75, 3.05) is 25.5 Å². The predicted octanol–water partition coefficient (Wildman–Crippen LogP) is 2.94. The lowest BCUT2D eigenvalue weighted by molar-refractivity contribution is -0.118. The van der Waals surface area contributed by atoms with Crippen LogP contribution in [0.15, 0.2) is 11.4 Å². The number of fused-ring (bicyclic) bond motifs is 1. The summed E-state index contributed by atoms with van der Waals surface area (Å²) in [4.78, 5) is 22.7. The van der Waals surface area contributed by atoms with Crippen molar-refractivity contribution in [2.45, 2.75) is 32.2 Å². The molecular formula is C15H21N3O2S2. The minimum atomic E-state index is 0.0258. The molecule has 0 aliphatic heterocycles. The van der Waals surface area contributed by atoms with Gasteiger partial charge in [0.2, 0.25) is 5.91 Å². The lowest BCUT2D eigenvalue weighted by Gasteiger charge is -2.06. The zero-order chi connectivity index (χ0) is 15.9. The van der Waals surface area contributed by atoms with Crippen LogP contribution in [0.4, 0.5) is 0 Å². The summed E-state index contributed by atoms with van der Waals surface area (Å²) in [6.45, 7) is 8.17. The number of carbonyl (C=O) groups is 1. The summed E-state index contributed by atoms with van der Waals surface area (Å²) in [5, 5.41) is 4.87. The highest BCUT2D eigenvalue weighted by atomic mass is 32.2. The van der Waals surface area contributed by atoms with Crippen molar-refractivity contribution in [2.24, 2.45) is 0 Å². The molecule has 1 N–H and O–H groups in total. The number of thiophene rings is 1. The molecule has 0 spiro atoms. The van der Waals surface area contributed by atoms with Crippen LogP contribution in [0.3, 0.4) is 0 Å². The zero-order valence-corrected chi connectivity index (χ0v) is 14.8. The topological polar surface area (TPSA) is 64.1 Å². The van der Waals surface area contributed by atoms with Gasteiger partial charge in [0.1, 0.15) is 16.2 Å². The normalized spacial score (nSPS) is 11.0. The van der Waals surface area contributed by atoms with E-state index in [1.165, 1.54) is 22.2 Å². The van der Waals surface area contributed by atoms with E-state index >= 15 is 0 Å². The molecule has 2 aromatic heterocycles. The Hall–Kier alpha value is -1.18. The van der Waals surface area contributed by atoms with E-state index in [2.05, 4.69) is 29.1 Å². The van der Waals surface area contributed by atoms with Crippen molar-refractivity contribution >= 4 is 39.2 Å². The number of hydrogen-bond donors (Lipinski definition) is 1. The average molecular weight is 339 g/mol. The van der Waals surface area contributed by atoms with E-state index in [-0.39, 0.29) is 5.91 Å². The first kappa shape index (κ1) is 17.2. The third kappa shape index (κ3) is 4.41. The largest absolute Gasteiger partial charge is 0.382 e. The molecule has 0 bridgehead atoms. The Morgan fingerprint density at radius 2 is 2.23 bits per heavy atom. The molecule has 5 nitrogen and oxygen atoms in total. The summed E-state index contributed by atoms with van der Waals surface area (Å²) in [6, 6.07) is 0. The van der Waals surface area contributed by atoms with Crippen molar-refractivity contribution in [1.29, 1.82) is 0 Å². The maximum Gasteiger partial charge on any atom is 0.230 e. The van der Waals surface area contributed by atoms with Gasteiger partial charge in [-0.05, 0) is 32.8 Å². The van der Waals surface area contributed by atoms with Crippen molar-refractivity contribution < 1.29 is 9.53 Å². The molecule has 0 aliphatic rings. The molecular weight excluding hydrogens is 318 g/mol. The molecule has 2 rings (SSSR count). The number of nitrogens with one attached hydrogen (secondary N) is 1. The van der Waals surface area contributed by atoms with Crippen molar-refractivity contribution in [3.05, 3.63) is 16.8 Å². The number of ether oxygens (including phenoxy) is 1. The first-order valence-corrected chi connectivity index (χ1v) is 9.11. The molecule has 0 saturated heterocycles. The van der Waals surface area contributed by atoms with E-state index < -0.39 is 0 Å². The van der Waals surface area contributed by atoms with Gasteiger partial charge in [-0.25, -0.2) is 9.97 Å². The van der Waals surface area contributed by atoms with Crippen LogP contribution in [0, 0.1) is 13.8 Å². The average Bonchev–Trinajstić information content (AvgIpc) is 2.80. The Bertz CT molecular complexity index is 643. The summed E-state index contributed by atoms with van der Waals surface area (Å²) in [7, 11) is 0. The van der Waals surface area contributed by atoms with Gasteiger partial charge in [0.05, 0.1) is 5.75 Å². The molecule has 2 aromatic rings. The fourth-order valence-electron chi connectivity index (χ4n) is 1.99. The Balaban J connectivity index is 1.88. The molecule has 0 radical (unpaired) electrons. The van der Waals surface area contributed by atoms with E-state index in [1.807, 2.05) is 6.92 Å². The van der Waals surface area contributed by atoms with Crippen molar-refractivity contribution in [3.8, 4) is 0 Å². The fourth-order valence-corrected chi connectivity index (χ4v) is 3.94. The van der Waals surface area contributed by atoms with Crippen molar-refractivity contribution in [3.63, 3.8) is 0 Å². The molecule has 120 valence electrons. The molecule has 0 aromatic carbocycles. The Morgan fingerprint density at radius 3 is 3.00 bits per heavy atom. The van der Waals surface area contributed by atoms with Crippen molar-refractivity contribution in [1.82, 2.24) is 15.3 Å². The van der Waals surface area contributed by atoms with E-state index in [4.69, 9.17) is 4.74 Å². The molecule has 22 heavy (non-hydrogen) atoms. The molecule has 2 heterocycles. The van der Waals surface area contributed by atoms with Crippen LogP contribution in [0.25, 0.3) is 10.2 Å². The van der Waals surface area contributed by atoms with E-state index in [1.54, 1.807) is 17.7 Å². The van der Waals surface area contributed by atoms with Gasteiger partial charge in [-0.3, -0.25) is 4.79 Å². The summed E-state index contributed by atoms with van der Waals surface area (Å²) in [6.07, 6.45) is 2.41. The molecule has 0 atom stereocenters. The summed E-state index contributed by atoms with van der Waals surface area (Å²) >= 11 is 3.14. The number of nitrogens with zero attached hydrogens (tertiary/aromatic N) is 2. The van der Waals surface area contributed by atoms with Crippen LogP contribution in [-0.4, -0.2) is 41.4 Å². The molecule has 7 heteroatoms. The van der Waals surface area contributed by atoms with Gasteiger partial charge in [-0.2, -0.15) is 0 Å². The Morgan fingerprint density at radius 1 is 1.41 bits per heavy atom. The predicted molar refractivity (Wildman–Crippen MR) is 91.7 cm³/mol. The first-order chi connectivity index (χ1) is 10.6. The van der Waals surface area contributed by atoms with Gasteiger partial charge in [0.25, 0.3) is 0 Å². The number of carbonyl (C=O) groups excluding carboxylic acids is 1. The molecule has 0 aliphatic carbocycles. The van der Waals surface area contributed by atoms with E-state index in [0.717, 1.165) is 21.7 Å². The lowest BCUT2D eigenvalue weighted by atomic mass is 10.2. The van der Waals surface area contributed by atoms with Gasteiger partial charge in [0.15, 0.2) is 0 Å². The van der Waals surface area contributed by atoms with Crippen LogP contribution in [0.5, 0.6) is 0 Å². The van der Waals surface area contributed by atoms with Crippen LogP contribution < -0.4 is 5.32 Å². The maximum absolute atomic E-state index is 11.9. The molecule has 1 amide bonds. The maximum atomic E-state index is 11.9.